The van der Waals surface area contributed by atoms with Crippen LogP contribution in [0, 0.1) is 5.92 Å². The number of amides is 2. The summed E-state index contributed by atoms with van der Waals surface area (Å²) in [6.45, 7) is 2.11. The van der Waals surface area contributed by atoms with Crippen molar-refractivity contribution < 1.29 is 9.59 Å². The molecule has 4 nitrogen and oxygen atoms in total. The van der Waals surface area contributed by atoms with Gasteiger partial charge < -0.3 is 10.6 Å². The topological polar surface area (TPSA) is 58.2 Å². The van der Waals surface area contributed by atoms with Gasteiger partial charge in [-0.05, 0) is 37.0 Å². The standard InChI is InChI=1S/C16H20Cl2N2O2/c1-10-4-2-3-5-14(10)20-15(21)9-19-16(22)11-6-7-12(17)13(18)8-11/h6-8,10,14H,2-5,9H2,1H3,(H,19,22)(H,20,21)/t10-,14+/m1/s1. The number of nitrogens with one attached hydrogen (secondary N) is 2. The van der Waals surface area contributed by atoms with Crippen LogP contribution in [-0.4, -0.2) is 24.4 Å². The highest BCUT2D eigenvalue weighted by Crippen LogP contribution is 2.24. The van der Waals surface area contributed by atoms with Gasteiger partial charge in [-0.15, -0.1) is 0 Å². The Labute approximate surface area is 140 Å². The van der Waals surface area contributed by atoms with Crippen LogP contribution in [0.3, 0.4) is 0 Å². The largest absolute Gasteiger partial charge is 0.352 e. The molecule has 2 atom stereocenters. The van der Waals surface area contributed by atoms with Crippen molar-refractivity contribution in [3.05, 3.63) is 33.8 Å². The first-order valence-electron chi connectivity index (χ1n) is 7.50. The van der Waals surface area contributed by atoms with Crippen LogP contribution in [0.25, 0.3) is 0 Å². The minimum absolute atomic E-state index is 0.0394. The van der Waals surface area contributed by atoms with Gasteiger partial charge in [-0.1, -0.05) is 43.0 Å². The third kappa shape index (κ3) is 4.62. The summed E-state index contributed by atoms with van der Waals surface area (Å²) in [5, 5.41) is 6.30. The molecule has 2 N–H and O–H groups in total. The van der Waals surface area contributed by atoms with E-state index in [0.29, 0.717) is 21.5 Å². The zero-order valence-electron chi connectivity index (χ0n) is 12.5. The second-order valence-electron chi connectivity index (χ2n) is 5.75. The number of hydrogen-bond donors (Lipinski definition) is 2. The fourth-order valence-corrected chi connectivity index (χ4v) is 2.99. The van der Waals surface area contributed by atoms with Gasteiger partial charge in [0.2, 0.25) is 5.91 Å². The summed E-state index contributed by atoms with van der Waals surface area (Å²) >= 11 is 11.7. The molecule has 6 heteroatoms. The van der Waals surface area contributed by atoms with Gasteiger partial charge >= 0.3 is 0 Å². The summed E-state index contributed by atoms with van der Waals surface area (Å²) in [4.78, 5) is 23.9. The molecule has 1 aliphatic carbocycles. The summed E-state index contributed by atoms with van der Waals surface area (Å²) in [6.07, 6.45) is 4.51. The van der Waals surface area contributed by atoms with Crippen LogP contribution in [0.1, 0.15) is 43.0 Å². The summed E-state index contributed by atoms with van der Waals surface area (Å²) in [5.74, 6) is -0.0129. The summed E-state index contributed by atoms with van der Waals surface area (Å²) in [6, 6.07) is 4.83. The smallest absolute Gasteiger partial charge is 0.251 e. The Bertz CT molecular complexity index is 563. The van der Waals surface area contributed by atoms with Gasteiger partial charge in [0, 0.05) is 11.6 Å². The van der Waals surface area contributed by atoms with Crippen molar-refractivity contribution in [2.45, 2.75) is 38.6 Å². The third-order valence-corrected chi connectivity index (χ3v) is 4.79. The number of benzene rings is 1. The third-order valence-electron chi connectivity index (χ3n) is 4.05. The van der Waals surface area contributed by atoms with Crippen LogP contribution >= 0.6 is 23.2 Å². The Balaban J connectivity index is 1.82. The normalized spacial score (nSPS) is 21.2. The summed E-state index contributed by atoms with van der Waals surface area (Å²) in [7, 11) is 0. The van der Waals surface area contributed by atoms with Crippen molar-refractivity contribution in [1.82, 2.24) is 10.6 Å². The Morgan fingerprint density at radius 2 is 1.91 bits per heavy atom. The van der Waals surface area contributed by atoms with E-state index in [0.717, 1.165) is 19.3 Å². The van der Waals surface area contributed by atoms with E-state index >= 15 is 0 Å². The van der Waals surface area contributed by atoms with E-state index in [1.54, 1.807) is 12.1 Å². The molecule has 0 radical (unpaired) electrons. The molecule has 0 bridgehead atoms. The zero-order chi connectivity index (χ0) is 16.1. The first-order valence-corrected chi connectivity index (χ1v) is 8.25. The van der Waals surface area contributed by atoms with Gasteiger partial charge in [0.25, 0.3) is 5.91 Å². The maximum Gasteiger partial charge on any atom is 0.251 e. The van der Waals surface area contributed by atoms with Crippen LogP contribution in [0.4, 0.5) is 0 Å². The van der Waals surface area contributed by atoms with Crippen molar-refractivity contribution in [2.75, 3.05) is 6.54 Å². The monoisotopic (exact) mass is 342 g/mol. The molecule has 2 rings (SSSR count). The lowest BCUT2D eigenvalue weighted by Gasteiger charge is -2.29. The average Bonchev–Trinajstić information content (AvgIpc) is 2.50. The molecular formula is C16H20Cl2N2O2. The van der Waals surface area contributed by atoms with E-state index in [2.05, 4.69) is 17.6 Å². The van der Waals surface area contributed by atoms with Crippen molar-refractivity contribution >= 4 is 35.0 Å². The lowest BCUT2D eigenvalue weighted by Crippen LogP contribution is -2.45. The maximum absolute atomic E-state index is 12.0. The Hall–Kier alpha value is -1.26. The number of rotatable bonds is 4. The minimum atomic E-state index is -0.342. The fourth-order valence-electron chi connectivity index (χ4n) is 2.69. The highest BCUT2D eigenvalue weighted by molar-refractivity contribution is 6.42. The molecule has 120 valence electrons. The lowest BCUT2D eigenvalue weighted by atomic mass is 9.86. The minimum Gasteiger partial charge on any atom is -0.352 e. The quantitative estimate of drug-likeness (QED) is 0.880. The van der Waals surface area contributed by atoms with E-state index in [1.165, 1.54) is 12.5 Å². The average molecular weight is 343 g/mol. The van der Waals surface area contributed by atoms with Gasteiger partial charge in [-0.25, -0.2) is 0 Å². The molecule has 0 spiro atoms. The van der Waals surface area contributed by atoms with Crippen LogP contribution in [-0.2, 0) is 4.79 Å². The first kappa shape index (κ1) is 17.1. The van der Waals surface area contributed by atoms with Gasteiger partial charge in [0.05, 0.1) is 16.6 Å². The SMILES string of the molecule is C[C@@H]1CCCC[C@@H]1NC(=O)CNC(=O)c1ccc(Cl)c(Cl)c1. The van der Waals surface area contributed by atoms with E-state index in [1.807, 2.05) is 0 Å². The molecule has 1 aromatic carbocycles. The number of carbonyl (C=O) groups excluding carboxylic acids is 2. The second kappa shape index (κ2) is 7.84. The van der Waals surface area contributed by atoms with E-state index in [-0.39, 0.29) is 24.4 Å². The van der Waals surface area contributed by atoms with Crippen molar-refractivity contribution in [1.29, 1.82) is 0 Å². The highest BCUT2D eigenvalue weighted by atomic mass is 35.5. The molecule has 0 aromatic heterocycles. The molecule has 1 saturated carbocycles. The Morgan fingerprint density at radius 3 is 2.59 bits per heavy atom. The van der Waals surface area contributed by atoms with Crippen molar-refractivity contribution in [2.24, 2.45) is 5.92 Å². The Kier molecular flexibility index (Phi) is 6.09. The molecule has 0 unspecified atom stereocenters. The zero-order valence-corrected chi connectivity index (χ0v) is 14.0. The van der Waals surface area contributed by atoms with Gasteiger partial charge in [-0.2, -0.15) is 0 Å². The molecule has 0 aliphatic heterocycles. The molecule has 1 fully saturated rings. The first-order chi connectivity index (χ1) is 10.5. The fraction of sp³-hybridized carbons (Fsp3) is 0.500. The second-order valence-corrected chi connectivity index (χ2v) is 6.56. The molecule has 1 aromatic rings. The maximum atomic E-state index is 12.0. The molecule has 0 heterocycles. The molecule has 1 aliphatic rings. The molecule has 0 saturated heterocycles. The van der Waals surface area contributed by atoms with Crippen LogP contribution in [0.5, 0.6) is 0 Å². The number of hydrogen-bond acceptors (Lipinski definition) is 2. The van der Waals surface area contributed by atoms with Crippen molar-refractivity contribution in [3.63, 3.8) is 0 Å². The Morgan fingerprint density at radius 1 is 1.18 bits per heavy atom. The summed E-state index contributed by atoms with van der Waals surface area (Å²) in [5.41, 5.74) is 0.383. The lowest BCUT2D eigenvalue weighted by molar-refractivity contribution is -0.121. The number of carbonyl (C=O) groups is 2. The highest BCUT2D eigenvalue weighted by Gasteiger charge is 2.22. The van der Waals surface area contributed by atoms with Crippen molar-refractivity contribution in [3.8, 4) is 0 Å². The molecule has 2 amide bonds. The van der Waals surface area contributed by atoms with E-state index in [9.17, 15) is 9.59 Å². The number of halogens is 2. The van der Waals surface area contributed by atoms with Gasteiger partial charge in [0.15, 0.2) is 0 Å². The molecular weight excluding hydrogens is 323 g/mol. The van der Waals surface area contributed by atoms with Crippen LogP contribution in [0.2, 0.25) is 10.0 Å². The van der Waals surface area contributed by atoms with E-state index < -0.39 is 0 Å². The van der Waals surface area contributed by atoms with Gasteiger partial charge in [-0.3, -0.25) is 9.59 Å². The predicted octanol–water partition coefficient (Wildman–Crippen LogP) is 3.42. The summed E-state index contributed by atoms with van der Waals surface area (Å²) < 4.78 is 0. The van der Waals surface area contributed by atoms with Crippen LogP contribution < -0.4 is 10.6 Å². The van der Waals surface area contributed by atoms with E-state index in [4.69, 9.17) is 23.2 Å². The van der Waals surface area contributed by atoms with Gasteiger partial charge in [0.1, 0.15) is 0 Å². The van der Waals surface area contributed by atoms with Crippen LogP contribution in [0.15, 0.2) is 18.2 Å². The predicted molar refractivity (Wildman–Crippen MR) is 88.4 cm³/mol. The molecule has 22 heavy (non-hydrogen) atoms.